The average molecular weight is 255 g/mol. The van der Waals surface area contributed by atoms with Crippen molar-refractivity contribution in [2.45, 2.75) is 6.10 Å². The summed E-state index contributed by atoms with van der Waals surface area (Å²) in [5.41, 5.74) is 0.903. The van der Waals surface area contributed by atoms with Crippen LogP contribution in [0.15, 0.2) is 24.3 Å². The minimum Gasteiger partial charge on any atom is -0.497 e. The Morgan fingerprint density at radius 1 is 1.47 bits per heavy atom. The second kappa shape index (κ2) is 7.58. The van der Waals surface area contributed by atoms with Crippen LogP contribution in [0, 0.1) is 0 Å². The van der Waals surface area contributed by atoms with Gasteiger partial charge in [-0.05, 0) is 31.0 Å². The summed E-state index contributed by atoms with van der Waals surface area (Å²) in [7, 11) is 3.66. The van der Waals surface area contributed by atoms with Crippen molar-refractivity contribution >= 4 is 11.8 Å². The van der Waals surface area contributed by atoms with Gasteiger partial charge in [0.1, 0.15) is 5.75 Å². The summed E-state index contributed by atoms with van der Waals surface area (Å²) in [6.07, 6.45) is 1.63. The van der Waals surface area contributed by atoms with E-state index in [1.807, 2.05) is 43.1 Å². The van der Waals surface area contributed by atoms with Crippen LogP contribution in [0.2, 0.25) is 0 Å². The van der Waals surface area contributed by atoms with Crippen molar-refractivity contribution in [3.8, 4) is 5.75 Å². The lowest BCUT2D eigenvalue weighted by Crippen LogP contribution is -2.26. The number of likely N-dealkylation sites (N-methyl/N-ethyl adjacent to an activating group) is 1. The van der Waals surface area contributed by atoms with Gasteiger partial charge in [-0.3, -0.25) is 0 Å². The molecule has 4 heteroatoms. The van der Waals surface area contributed by atoms with E-state index in [9.17, 15) is 5.11 Å². The highest BCUT2D eigenvalue weighted by Crippen LogP contribution is 2.19. The van der Waals surface area contributed by atoms with Gasteiger partial charge in [0.2, 0.25) is 0 Å². The van der Waals surface area contributed by atoms with Crippen LogP contribution < -0.4 is 4.74 Å². The van der Waals surface area contributed by atoms with Crippen LogP contribution in [-0.2, 0) is 0 Å². The topological polar surface area (TPSA) is 32.7 Å². The molecule has 17 heavy (non-hydrogen) atoms. The Kier molecular flexibility index (Phi) is 6.40. The van der Waals surface area contributed by atoms with Gasteiger partial charge >= 0.3 is 0 Å². The maximum Gasteiger partial charge on any atom is 0.119 e. The number of hydrogen-bond acceptors (Lipinski definition) is 4. The Labute approximate surface area is 108 Å². The zero-order valence-corrected chi connectivity index (χ0v) is 11.5. The molecule has 0 fully saturated rings. The van der Waals surface area contributed by atoms with Gasteiger partial charge in [0.25, 0.3) is 0 Å². The molecule has 1 rings (SSSR count). The van der Waals surface area contributed by atoms with Crippen LogP contribution in [0.3, 0.4) is 0 Å². The number of ether oxygens (including phenoxy) is 1. The van der Waals surface area contributed by atoms with Gasteiger partial charge < -0.3 is 14.7 Å². The minimum atomic E-state index is -0.461. The highest BCUT2D eigenvalue weighted by Gasteiger charge is 2.11. The third-order valence-electron chi connectivity index (χ3n) is 2.64. The maximum atomic E-state index is 10.1. The van der Waals surface area contributed by atoms with E-state index in [1.54, 1.807) is 7.11 Å². The fourth-order valence-corrected chi connectivity index (χ4v) is 2.08. The van der Waals surface area contributed by atoms with E-state index in [1.165, 1.54) is 0 Å². The van der Waals surface area contributed by atoms with Crippen LogP contribution in [0.4, 0.5) is 0 Å². The van der Waals surface area contributed by atoms with Crippen molar-refractivity contribution in [3.05, 3.63) is 29.8 Å². The fraction of sp³-hybridized carbons (Fsp3) is 0.538. The minimum absolute atomic E-state index is 0.461. The van der Waals surface area contributed by atoms with Gasteiger partial charge in [-0.2, -0.15) is 11.8 Å². The summed E-state index contributed by atoms with van der Waals surface area (Å²) in [4.78, 5) is 2.14. The highest BCUT2D eigenvalue weighted by atomic mass is 32.2. The summed E-state index contributed by atoms with van der Waals surface area (Å²) >= 11 is 1.82. The summed E-state index contributed by atoms with van der Waals surface area (Å²) in [5.74, 6) is 1.87. The van der Waals surface area contributed by atoms with E-state index < -0.39 is 6.10 Å². The zero-order valence-electron chi connectivity index (χ0n) is 10.7. The van der Waals surface area contributed by atoms with Crippen molar-refractivity contribution < 1.29 is 9.84 Å². The Morgan fingerprint density at radius 2 is 2.24 bits per heavy atom. The first-order valence-corrected chi connectivity index (χ1v) is 7.06. The molecule has 1 N–H and O–H groups in total. The average Bonchev–Trinajstić information content (AvgIpc) is 2.36. The molecule has 1 unspecified atom stereocenters. The van der Waals surface area contributed by atoms with Crippen LogP contribution in [0.25, 0.3) is 0 Å². The molecule has 0 heterocycles. The number of nitrogens with zero attached hydrogens (tertiary/aromatic N) is 1. The smallest absolute Gasteiger partial charge is 0.119 e. The Hall–Kier alpha value is -0.710. The monoisotopic (exact) mass is 255 g/mol. The van der Waals surface area contributed by atoms with E-state index in [2.05, 4.69) is 11.2 Å². The first kappa shape index (κ1) is 14.4. The molecule has 96 valence electrons. The maximum absolute atomic E-state index is 10.1. The molecule has 0 radical (unpaired) electrons. The lowest BCUT2D eigenvalue weighted by molar-refractivity contribution is 0.130. The lowest BCUT2D eigenvalue weighted by atomic mass is 10.1. The largest absolute Gasteiger partial charge is 0.497 e. The molecule has 0 saturated heterocycles. The van der Waals surface area contributed by atoms with Gasteiger partial charge in [0.15, 0.2) is 0 Å². The van der Waals surface area contributed by atoms with Gasteiger partial charge in [-0.15, -0.1) is 0 Å². The van der Waals surface area contributed by atoms with Gasteiger partial charge in [0.05, 0.1) is 13.2 Å². The standard InChI is InChI=1S/C13H21NO2S/c1-14(7-8-17-3)10-13(15)11-5-4-6-12(9-11)16-2/h4-6,9,13,15H,7-8,10H2,1-3H3. The lowest BCUT2D eigenvalue weighted by Gasteiger charge is -2.20. The first-order valence-electron chi connectivity index (χ1n) is 5.67. The summed E-state index contributed by atoms with van der Waals surface area (Å²) < 4.78 is 5.15. The number of hydrogen-bond donors (Lipinski definition) is 1. The predicted molar refractivity (Wildman–Crippen MR) is 73.8 cm³/mol. The summed E-state index contributed by atoms with van der Waals surface area (Å²) in [6.45, 7) is 1.63. The third kappa shape index (κ3) is 4.98. The molecule has 0 aromatic heterocycles. The molecule has 1 aromatic rings. The number of aliphatic hydroxyl groups excluding tert-OH is 1. The zero-order chi connectivity index (χ0) is 12.7. The molecule has 0 saturated carbocycles. The predicted octanol–water partition coefficient (Wildman–Crippen LogP) is 2.02. The number of thioether (sulfide) groups is 1. The van der Waals surface area contributed by atoms with Crippen LogP contribution >= 0.6 is 11.8 Å². The van der Waals surface area contributed by atoms with Crippen molar-refractivity contribution in [2.75, 3.05) is 39.3 Å². The SMILES string of the molecule is COc1cccc(C(O)CN(C)CCSC)c1. The van der Waals surface area contributed by atoms with E-state index in [0.717, 1.165) is 23.6 Å². The quantitative estimate of drug-likeness (QED) is 0.808. The normalized spacial score (nSPS) is 12.8. The number of aliphatic hydroxyl groups is 1. The van der Waals surface area contributed by atoms with Gasteiger partial charge in [-0.1, -0.05) is 12.1 Å². The van der Waals surface area contributed by atoms with Crippen molar-refractivity contribution in [3.63, 3.8) is 0 Å². The summed E-state index contributed by atoms with van der Waals surface area (Å²) in [5, 5.41) is 10.1. The molecular formula is C13H21NO2S. The second-order valence-electron chi connectivity index (χ2n) is 4.05. The molecule has 0 aliphatic heterocycles. The molecule has 0 bridgehead atoms. The van der Waals surface area contributed by atoms with E-state index in [0.29, 0.717) is 6.54 Å². The molecular weight excluding hydrogens is 234 g/mol. The fourth-order valence-electron chi connectivity index (χ4n) is 1.59. The molecule has 1 aromatic carbocycles. The van der Waals surface area contributed by atoms with E-state index >= 15 is 0 Å². The van der Waals surface area contributed by atoms with Crippen molar-refractivity contribution in [1.82, 2.24) is 4.90 Å². The number of benzene rings is 1. The molecule has 0 aliphatic rings. The number of rotatable bonds is 7. The molecule has 0 spiro atoms. The first-order chi connectivity index (χ1) is 8.17. The Bertz CT molecular complexity index is 333. The third-order valence-corrected chi connectivity index (χ3v) is 3.23. The molecule has 0 amide bonds. The molecule has 0 aliphatic carbocycles. The molecule has 1 atom stereocenters. The van der Waals surface area contributed by atoms with Crippen LogP contribution in [-0.4, -0.2) is 49.3 Å². The Morgan fingerprint density at radius 3 is 2.88 bits per heavy atom. The van der Waals surface area contributed by atoms with Gasteiger partial charge in [-0.25, -0.2) is 0 Å². The number of methoxy groups -OCH3 is 1. The van der Waals surface area contributed by atoms with Crippen LogP contribution in [0.1, 0.15) is 11.7 Å². The van der Waals surface area contributed by atoms with Crippen molar-refractivity contribution in [2.24, 2.45) is 0 Å². The second-order valence-corrected chi connectivity index (χ2v) is 5.03. The van der Waals surface area contributed by atoms with E-state index in [4.69, 9.17) is 4.74 Å². The van der Waals surface area contributed by atoms with Gasteiger partial charge in [0, 0.05) is 18.8 Å². The summed E-state index contributed by atoms with van der Waals surface area (Å²) in [6, 6.07) is 7.59. The van der Waals surface area contributed by atoms with E-state index in [-0.39, 0.29) is 0 Å². The van der Waals surface area contributed by atoms with Crippen LogP contribution in [0.5, 0.6) is 5.75 Å². The highest BCUT2D eigenvalue weighted by molar-refractivity contribution is 7.98. The Balaban J connectivity index is 2.53. The molecule has 3 nitrogen and oxygen atoms in total. The van der Waals surface area contributed by atoms with Crippen molar-refractivity contribution in [1.29, 1.82) is 0 Å².